The Labute approximate surface area is 119 Å². The van der Waals surface area contributed by atoms with Gasteiger partial charge in [-0.15, -0.1) is 0 Å². The zero-order chi connectivity index (χ0) is 15.0. The fraction of sp³-hybridized carbons (Fsp3) is 0.643. The number of aromatic nitrogens is 2. The van der Waals surface area contributed by atoms with E-state index in [4.69, 9.17) is 9.84 Å². The number of ether oxygens (including phenoxy) is 1. The second-order valence-electron chi connectivity index (χ2n) is 5.15. The average Bonchev–Trinajstić information content (AvgIpc) is 2.35. The molecule has 0 saturated heterocycles. The van der Waals surface area contributed by atoms with Gasteiger partial charge in [0.15, 0.2) is 0 Å². The Morgan fingerprint density at radius 1 is 1.45 bits per heavy atom. The lowest BCUT2D eigenvalue weighted by Gasteiger charge is -2.18. The quantitative estimate of drug-likeness (QED) is 0.723. The first-order chi connectivity index (χ1) is 9.51. The first-order valence-corrected chi connectivity index (χ1v) is 6.91. The summed E-state index contributed by atoms with van der Waals surface area (Å²) in [7, 11) is 0. The van der Waals surface area contributed by atoms with Gasteiger partial charge in [-0.05, 0) is 25.2 Å². The molecule has 1 aromatic rings. The van der Waals surface area contributed by atoms with Crippen LogP contribution in [0.5, 0.6) is 5.88 Å². The van der Waals surface area contributed by atoms with Crippen LogP contribution >= 0.6 is 0 Å². The van der Waals surface area contributed by atoms with Crippen LogP contribution in [0.2, 0.25) is 0 Å². The maximum Gasteiger partial charge on any atom is 0.303 e. The molecule has 1 unspecified atom stereocenters. The molecule has 1 atom stereocenters. The minimum Gasteiger partial charge on any atom is -0.481 e. The Bertz CT molecular complexity index is 424. The number of aliphatic carboxylic acids is 1. The molecule has 2 N–H and O–H groups in total. The van der Waals surface area contributed by atoms with Gasteiger partial charge in [0.05, 0.1) is 6.61 Å². The minimum absolute atomic E-state index is 0.0815. The molecule has 0 fully saturated rings. The zero-order valence-corrected chi connectivity index (χ0v) is 12.3. The van der Waals surface area contributed by atoms with Crippen LogP contribution in [-0.2, 0) is 4.79 Å². The smallest absolute Gasteiger partial charge is 0.303 e. The Balaban J connectivity index is 2.57. The summed E-state index contributed by atoms with van der Waals surface area (Å²) in [5.74, 6) is 0.949. The standard InChI is InChI=1S/C14H23N3O3/c1-4-20-13-7-12(16-9-17-13)15-8-11(5-10(2)3)6-14(18)19/h7,9-11H,4-6,8H2,1-3H3,(H,18,19)(H,15,16,17). The summed E-state index contributed by atoms with van der Waals surface area (Å²) < 4.78 is 5.30. The van der Waals surface area contributed by atoms with E-state index < -0.39 is 5.97 Å². The van der Waals surface area contributed by atoms with E-state index in [2.05, 4.69) is 29.1 Å². The molecule has 0 aromatic carbocycles. The van der Waals surface area contributed by atoms with E-state index in [0.29, 0.717) is 30.8 Å². The van der Waals surface area contributed by atoms with Crippen LogP contribution in [0, 0.1) is 11.8 Å². The number of carbonyl (C=O) groups is 1. The van der Waals surface area contributed by atoms with Gasteiger partial charge in [-0.25, -0.2) is 9.97 Å². The molecule has 1 aromatic heterocycles. The van der Waals surface area contributed by atoms with Crippen LogP contribution in [0.4, 0.5) is 5.82 Å². The fourth-order valence-electron chi connectivity index (χ4n) is 2.06. The summed E-state index contributed by atoms with van der Waals surface area (Å²) in [5.41, 5.74) is 0. The van der Waals surface area contributed by atoms with Crippen LogP contribution in [-0.4, -0.2) is 34.2 Å². The topological polar surface area (TPSA) is 84.3 Å². The Morgan fingerprint density at radius 3 is 2.80 bits per heavy atom. The second kappa shape index (κ2) is 8.35. The molecular weight excluding hydrogens is 258 g/mol. The molecule has 6 heteroatoms. The first-order valence-electron chi connectivity index (χ1n) is 6.91. The van der Waals surface area contributed by atoms with Gasteiger partial charge in [-0.1, -0.05) is 13.8 Å². The maximum atomic E-state index is 10.9. The lowest BCUT2D eigenvalue weighted by atomic mass is 9.94. The van der Waals surface area contributed by atoms with Gasteiger partial charge in [-0.2, -0.15) is 0 Å². The third kappa shape index (κ3) is 6.36. The van der Waals surface area contributed by atoms with E-state index in [9.17, 15) is 4.79 Å². The van der Waals surface area contributed by atoms with E-state index in [1.165, 1.54) is 6.33 Å². The summed E-state index contributed by atoms with van der Waals surface area (Å²) in [5, 5.41) is 12.1. The Morgan fingerprint density at radius 2 is 2.20 bits per heavy atom. The number of nitrogens with zero attached hydrogens (tertiary/aromatic N) is 2. The molecule has 0 aliphatic carbocycles. The van der Waals surface area contributed by atoms with Crippen LogP contribution < -0.4 is 10.1 Å². The number of anilines is 1. The molecule has 0 saturated carbocycles. The van der Waals surface area contributed by atoms with Gasteiger partial charge >= 0.3 is 5.97 Å². The van der Waals surface area contributed by atoms with Crippen molar-refractivity contribution in [3.8, 4) is 5.88 Å². The van der Waals surface area contributed by atoms with Crippen LogP contribution in [0.1, 0.15) is 33.6 Å². The van der Waals surface area contributed by atoms with Crippen molar-refractivity contribution in [1.82, 2.24) is 9.97 Å². The summed E-state index contributed by atoms with van der Waals surface area (Å²) >= 11 is 0. The van der Waals surface area contributed by atoms with Gasteiger partial charge in [0, 0.05) is 19.0 Å². The molecule has 20 heavy (non-hydrogen) atoms. The van der Waals surface area contributed by atoms with Crippen molar-refractivity contribution in [3.63, 3.8) is 0 Å². The number of hydrogen-bond donors (Lipinski definition) is 2. The number of carboxylic acids is 1. The van der Waals surface area contributed by atoms with Crippen molar-refractivity contribution in [2.45, 2.75) is 33.6 Å². The SMILES string of the molecule is CCOc1cc(NCC(CC(=O)O)CC(C)C)ncn1. The number of rotatable bonds is 9. The highest BCUT2D eigenvalue weighted by Gasteiger charge is 2.15. The molecule has 6 nitrogen and oxygen atoms in total. The molecule has 0 aliphatic rings. The first kappa shape index (κ1) is 16.2. The molecular formula is C14H23N3O3. The van der Waals surface area contributed by atoms with Gasteiger partial charge < -0.3 is 15.2 Å². The molecule has 0 spiro atoms. The normalized spacial score (nSPS) is 12.2. The predicted molar refractivity (Wildman–Crippen MR) is 76.9 cm³/mol. The molecule has 0 bridgehead atoms. The Kier molecular flexibility index (Phi) is 6.76. The van der Waals surface area contributed by atoms with E-state index >= 15 is 0 Å². The third-order valence-corrected chi connectivity index (χ3v) is 2.77. The van der Waals surface area contributed by atoms with Gasteiger partial charge in [0.25, 0.3) is 0 Å². The van der Waals surface area contributed by atoms with Crippen molar-refractivity contribution in [3.05, 3.63) is 12.4 Å². The largest absolute Gasteiger partial charge is 0.481 e. The highest BCUT2D eigenvalue weighted by atomic mass is 16.5. The van der Waals surface area contributed by atoms with E-state index in [1.54, 1.807) is 6.07 Å². The lowest BCUT2D eigenvalue weighted by Crippen LogP contribution is -2.20. The van der Waals surface area contributed by atoms with Gasteiger partial charge in [-0.3, -0.25) is 4.79 Å². The zero-order valence-electron chi connectivity index (χ0n) is 12.3. The second-order valence-corrected chi connectivity index (χ2v) is 5.15. The van der Waals surface area contributed by atoms with Crippen molar-refractivity contribution < 1.29 is 14.6 Å². The molecule has 0 radical (unpaired) electrons. The van der Waals surface area contributed by atoms with Gasteiger partial charge in [0.1, 0.15) is 12.1 Å². The van der Waals surface area contributed by atoms with Crippen molar-refractivity contribution in [2.24, 2.45) is 11.8 Å². The lowest BCUT2D eigenvalue weighted by molar-refractivity contribution is -0.138. The highest BCUT2D eigenvalue weighted by molar-refractivity contribution is 5.67. The fourth-order valence-corrected chi connectivity index (χ4v) is 2.06. The third-order valence-electron chi connectivity index (χ3n) is 2.77. The van der Waals surface area contributed by atoms with Crippen molar-refractivity contribution >= 4 is 11.8 Å². The van der Waals surface area contributed by atoms with Crippen LogP contribution in [0.15, 0.2) is 12.4 Å². The number of carboxylic acid groups (broad SMARTS) is 1. The Hall–Kier alpha value is -1.85. The van der Waals surface area contributed by atoms with Crippen LogP contribution in [0.3, 0.4) is 0 Å². The van der Waals surface area contributed by atoms with E-state index in [0.717, 1.165) is 6.42 Å². The van der Waals surface area contributed by atoms with Crippen molar-refractivity contribution in [1.29, 1.82) is 0 Å². The maximum absolute atomic E-state index is 10.9. The van der Waals surface area contributed by atoms with Crippen molar-refractivity contribution in [2.75, 3.05) is 18.5 Å². The summed E-state index contributed by atoms with van der Waals surface area (Å²) in [4.78, 5) is 19.0. The summed E-state index contributed by atoms with van der Waals surface area (Å²) in [6.45, 7) is 7.19. The molecule has 1 rings (SSSR count). The predicted octanol–water partition coefficient (Wildman–Crippen LogP) is 2.42. The van der Waals surface area contributed by atoms with Crippen LogP contribution in [0.25, 0.3) is 0 Å². The average molecular weight is 281 g/mol. The highest BCUT2D eigenvalue weighted by Crippen LogP contribution is 2.17. The molecule has 112 valence electrons. The van der Waals surface area contributed by atoms with E-state index in [1.807, 2.05) is 6.92 Å². The number of hydrogen-bond acceptors (Lipinski definition) is 5. The molecule has 0 amide bonds. The van der Waals surface area contributed by atoms with Gasteiger partial charge in [0.2, 0.25) is 5.88 Å². The summed E-state index contributed by atoms with van der Waals surface area (Å²) in [6.07, 6.45) is 2.46. The van der Waals surface area contributed by atoms with E-state index in [-0.39, 0.29) is 12.3 Å². The summed E-state index contributed by atoms with van der Waals surface area (Å²) in [6, 6.07) is 1.72. The monoisotopic (exact) mass is 281 g/mol. The minimum atomic E-state index is -0.768. The molecule has 1 heterocycles. The molecule has 0 aliphatic heterocycles. The number of nitrogens with one attached hydrogen (secondary N) is 1.